The van der Waals surface area contributed by atoms with Crippen LogP contribution in [0.5, 0.6) is 0 Å². The highest BCUT2D eigenvalue weighted by atomic mass is 16.2. The van der Waals surface area contributed by atoms with Crippen LogP contribution in [0.4, 0.5) is 4.79 Å². The van der Waals surface area contributed by atoms with E-state index >= 15 is 0 Å². The molecule has 5 nitrogen and oxygen atoms in total. The minimum Gasteiger partial charge on any atom is -0.336 e. The largest absolute Gasteiger partial charge is 0.336 e. The molecule has 1 aromatic heterocycles. The summed E-state index contributed by atoms with van der Waals surface area (Å²) in [5.74, 6) is 0. The number of imidazole rings is 1. The molecule has 1 aliphatic carbocycles. The number of benzene rings is 1. The number of nitrogens with one attached hydrogen (secondary N) is 1. The molecule has 5 heteroatoms. The first kappa shape index (κ1) is 17.1. The predicted molar refractivity (Wildman–Crippen MR) is 103 cm³/mol. The minimum atomic E-state index is 0.0675. The molecule has 0 unspecified atom stereocenters. The van der Waals surface area contributed by atoms with Crippen molar-refractivity contribution in [2.75, 3.05) is 6.54 Å². The van der Waals surface area contributed by atoms with Gasteiger partial charge in [0.15, 0.2) is 0 Å². The van der Waals surface area contributed by atoms with Gasteiger partial charge in [0.2, 0.25) is 0 Å². The van der Waals surface area contributed by atoms with Crippen LogP contribution in [0.1, 0.15) is 57.6 Å². The first-order valence-corrected chi connectivity index (χ1v) is 9.84. The molecule has 2 amide bonds. The molecule has 138 valence electrons. The molecular weight excluding hydrogens is 324 g/mol. The molecule has 4 rings (SSSR count). The van der Waals surface area contributed by atoms with Crippen molar-refractivity contribution in [2.24, 2.45) is 0 Å². The Morgan fingerprint density at radius 1 is 1.27 bits per heavy atom. The van der Waals surface area contributed by atoms with Gasteiger partial charge in [-0.15, -0.1) is 0 Å². The van der Waals surface area contributed by atoms with E-state index in [0.29, 0.717) is 12.6 Å². The fourth-order valence-electron chi connectivity index (χ4n) is 4.60. The number of aromatic nitrogens is 2. The monoisotopic (exact) mass is 352 g/mol. The van der Waals surface area contributed by atoms with E-state index in [1.807, 2.05) is 12.5 Å². The summed E-state index contributed by atoms with van der Waals surface area (Å²) in [7, 11) is 0. The summed E-state index contributed by atoms with van der Waals surface area (Å²) in [4.78, 5) is 19.4. The molecule has 0 saturated heterocycles. The van der Waals surface area contributed by atoms with Gasteiger partial charge in [-0.05, 0) is 32.3 Å². The maximum atomic E-state index is 13.0. The third-order valence-corrected chi connectivity index (χ3v) is 5.80. The summed E-state index contributed by atoms with van der Waals surface area (Å²) >= 11 is 0. The van der Waals surface area contributed by atoms with Gasteiger partial charge in [0.25, 0.3) is 0 Å². The maximum absolute atomic E-state index is 13.0. The molecule has 1 fully saturated rings. The number of carbonyl (C=O) groups is 1. The molecule has 1 aliphatic heterocycles. The highest BCUT2D eigenvalue weighted by molar-refractivity contribution is 5.75. The summed E-state index contributed by atoms with van der Waals surface area (Å²) in [5.41, 5.74) is 3.61. The highest BCUT2D eigenvalue weighted by Crippen LogP contribution is 2.38. The lowest BCUT2D eigenvalue weighted by atomic mass is 9.93. The second-order valence-electron chi connectivity index (χ2n) is 7.77. The van der Waals surface area contributed by atoms with Crippen molar-refractivity contribution in [2.45, 2.75) is 64.1 Å². The molecule has 1 aromatic carbocycles. The molecule has 0 radical (unpaired) electrons. The minimum absolute atomic E-state index is 0.0675. The standard InChI is InChI=1S/C21H28N4O/c1-15(2)25(16-8-4-3-5-9-16)21(26)23-13-20-18-11-7-6-10-17(18)19-12-22-14-24(19)20/h6-7,10-12,14-16,20H,3-5,8-9,13H2,1-2H3,(H,23,26)/t20-/m1/s1. The molecule has 1 saturated carbocycles. The molecule has 2 aromatic rings. The average molecular weight is 352 g/mol. The first-order chi connectivity index (χ1) is 12.7. The topological polar surface area (TPSA) is 50.2 Å². The number of fused-ring (bicyclic) bond motifs is 3. The Hall–Kier alpha value is -2.30. The van der Waals surface area contributed by atoms with E-state index in [4.69, 9.17) is 0 Å². The van der Waals surface area contributed by atoms with Crippen LogP contribution in [0, 0.1) is 0 Å². The summed E-state index contributed by atoms with van der Waals surface area (Å²) in [6.45, 7) is 4.83. The van der Waals surface area contributed by atoms with Crippen molar-refractivity contribution < 1.29 is 4.79 Å². The normalized spacial score (nSPS) is 19.3. The van der Waals surface area contributed by atoms with Crippen LogP contribution in [-0.4, -0.2) is 39.1 Å². The first-order valence-electron chi connectivity index (χ1n) is 9.84. The highest BCUT2D eigenvalue weighted by Gasteiger charge is 2.31. The lowest BCUT2D eigenvalue weighted by molar-refractivity contribution is 0.134. The fraction of sp³-hybridized carbons (Fsp3) is 0.524. The SMILES string of the molecule is CC(C)N(C(=O)NC[C@@H]1c2ccccc2-c2cncn21)C1CCCCC1. The van der Waals surface area contributed by atoms with Crippen molar-refractivity contribution in [3.05, 3.63) is 42.4 Å². The Kier molecular flexibility index (Phi) is 4.70. The summed E-state index contributed by atoms with van der Waals surface area (Å²) in [6, 6.07) is 9.19. The molecule has 1 N–H and O–H groups in total. The second kappa shape index (κ2) is 7.14. The van der Waals surface area contributed by atoms with Gasteiger partial charge in [0.1, 0.15) is 0 Å². The number of nitrogens with zero attached hydrogens (tertiary/aromatic N) is 3. The number of rotatable bonds is 4. The smallest absolute Gasteiger partial charge is 0.317 e. The van der Waals surface area contributed by atoms with Gasteiger partial charge in [0.05, 0.1) is 24.3 Å². The summed E-state index contributed by atoms with van der Waals surface area (Å²) in [5, 5.41) is 3.21. The van der Waals surface area contributed by atoms with Crippen molar-refractivity contribution >= 4 is 6.03 Å². The Morgan fingerprint density at radius 2 is 2.04 bits per heavy atom. The van der Waals surface area contributed by atoms with E-state index in [1.165, 1.54) is 30.4 Å². The van der Waals surface area contributed by atoms with E-state index in [-0.39, 0.29) is 18.1 Å². The van der Waals surface area contributed by atoms with Crippen LogP contribution >= 0.6 is 0 Å². The average Bonchev–Trinajstić information content (AvgIpc) is 3.22. The van der Waals surface area contributed by atoms with Crippen molar-refractivity contribution in [3.63, 3.8) is 0 Å². The number of hydrogen-bond acceptors (Lipinski definition) is 2. The molecule has 2 aliphatic rings. The summed E-state index contributed by atoms with van der Waals surface area (Å²) in [6.07, 6.45) is 9.79. The quantitative estimate of drug-likeness (QED) is 0.896. The van der Waals surface area contributed by atoms with Crippen LogP contribution in [0.15, 0.2) is 36.8 Å². The molecule has 0 bridgehead atoms. The van der Waals surface area contributed by atoms with Crippen molar-refractivity contribution in [1.29, 1.82) is 0 Å². The van der Waals surface area contributed by atoms with Crippen molar-refractivity contribution in [3.8, 4) is 11.3 Å². The summed E-state index contributed by atoms with van der Waals surface area (Å²) < 4.78 is 2.17. The zero-order valence-electron chi connectivity index (χ0n) is 15.7. The van der Waals surface area contributed by atoms with Crippen LogP contribution in [0.25, 0.3) is 11.3 Å². The third kappa shape index (κ3) is 3.00. The van der Waals surface area contributed by atoms with Gasteiger partial charge in [0, 0.05) is 24.2 Å². The van der Waals surface area contributed by atoms with Crippen LogP contribution in [0.2, 0.25) is 0 Å². The van der Waals surface area contributed by atoms with Crippen molar-refractivity contribution in [1.82, 2.24) is 19.8 Å². The van der Waals surface area contributed by atoms with Gasteiger partial charge < -0.3 is 14.8 Å². The lowest BCUT2D eigenvalue weighted by Gasteiger charge is -2.37. The molecule has 2 heterocycles. The fourth-order valence-corrected chi connectivity index (χ4v) is 4.60. The van der Waals surface area contributed by atoms with E-state index in [2.05, 4.69) is 57.9 Å². The number of carbonyl (C=O) groups excluding carboxylic acids is 1. The number of urea groups is 1. The van der Waals surface area contributed by atoms with E-state index < -0.39 is 0 Å². The molecule has 0 spiro atoms. The van der Waals surface area contributed by atoms with Gasteiger partial charge in [-0.2, -0.15) is 0 Å². The number of amides is 2. The molecular formula is C21H28N4O. The Balaban J connectivity index is 1.49. The number of hydrogen-bond donors (Lipinski definition) is 1. The predicted octanol–water partition coefficient (Wildman–Crippen LogP) is 4.21. The van der Waals surface area contributed by atoms with E-state index in [0.717, 1.165) is 18.5 Å². The molecule has 1 atom stereocenters. The van der Waals surface area contributed by atoms with Crippen LogP contribution in [-0.2, 0) is 0 Å². The van der Waals surface area contributed by atoms with E-state index in [1.54, 1.807) is 0 Å². The van der Waals surface area contributed by atoms with E-state index in [9.17, 15) is 4.79 Å². The second-order valence-corrected chi connectivity index (χ2v) is 7.77. The zero-order chi connectivity index (χ0) is 18.1. The van der Waals surface area contributed by atoms with Crippen LogP contribution in [0.3, 0.4) is 0 Å². The third-order valence-electron chi connectivity index (χ3n) is 5.80. The maximum Gasteiger partial charge on any atom is 0.317 e. The Morgan fingerprint density at radius 3 is 2.81 bits per heavy atom. The Labute approximate surface area is 155 Å². The molecule has 26 heavy (non-hydrogen) atoms. The zero-order valence-corrected chi connectivity index (χ0v) is 15.7. The van der Waals surface area contributed by atoms with Gasteiger partial charge in [-0.1, -0.05) is 43.5 Å². The van der Waals surface area contributed by atoms with Gasteiger partial charge >= 0.3 is 6.03 Å². The van der Waals surface area contributed by atoms with Gasteiger partial charge in [-0.3, -0.25) is 0 Å². The van der Waals surface area contributed by atoms with Gasteiger partial charge in [-0.25, -0.2) is 9.78 Å². The lowest BCUT2D eigenvalue weighted by Crippen LogP contribution is -2.51. The van der Waals surface area contributed by atoms with Crippen LogP contribution < -0.4 is 5.32 Å². The Bertz CT molecular complexity index is 776.